The van der Waals surface area contributed by atoms with E-state index >= 15 is 0 Å². The van der Waals surface area contributed by atoms with Crippen LogP contribution in [0, 0.1) is 6.92 Å². The molecule has 0 radical (unpaired) electrons. The summed E-state index contributed by atoms with van der Waals surface area (Å²) in [5.41, 5.74) is 3.15. The minimum absolute atomic E-state index is 0.0209. The minimum Gasteiger partial charge on any atom is -0.495 e. The van der Waals surface area contributed by atoms with Gasteiger partial charge in [0, 0.05) is 29.1 Å². The van der Waals surface area contributed by atoms with Crippen molar-refractivity contribution in [1.82, 2.24) is 15.0 Å². The third kappa shape index (κ3) is 5.61. The van der Waals surface area contributed by atoms with E-state index in [1.54, 1.807) is 17.4 Å². The average Bonchev–Trinajstić information content (AvgIpc) is 3.48. The van der Waals surface area contributed by atoms with Crippen molar-refractivity contribution in [2.75, 3.05) is 7.11 Å². The van der Waals surface area contributed by atoms with Crippen molar-refractivity contribution in [1.29, 1.82) is 0 Å². The monoisotopic (exact) mass is 485 g/mol. The Morgan fingerprint density at radius 1 is 1.15 bits per heavy atom. The van der Waals surface area contributed by atoms with Crippen LogP contribution in [0.1, 0.15) is 46.6 Å². The number of rotatable bonds is 8. The Labute approximate surface area is 198 Å². The highest BCUT2D eigenvalue weighted by Crippen LogP contribution is 2.27. The molecule has 0 atom stereocenters. The Hall–Kier alpha value is -2.75. The number of thiazole rings is 1. The molecule has 1 aromatic heterocycles. The lowest BCUT2D eigenvalue weighted by Crippen LogP contribution is -2.33. The molecule has 2 N–H and O–H groups in total. The number of aromatic nitrogens is 1. The van der Waals surface area contributed by atoms with Gasteiger partial charge < -0.3 is 10.1 Å². The standard InChI is InChI=1S/C24H27N3O4S2/c1-16-26-21(15-32-16)18-9-7-17(8-10-18)14-25-24(28)19-11-12-22(31-2)23(13-19)33(29,30)27-20-5-3-4-6-20/h7-13,15,20,27H,3-6,14H2,1-2H3,(H,25,28). The molecule has 3 aromatic rings. The number of ether oxygens (including phenoxy) is 1. The fourth-order valence-electron chi connectivity index (χ4n) is 3.93. The molecule has 2 aromatic carbocycles. The first-order chi connectivity index (χ1) is 15.9. The van der Waals surface area contributed by atoms with Crippen LogP contribution in [0.4, 0.5) is 0 Å². The van der Waals surface area contributed by atoms with Gasteiger partial charge in [-0.2, -0.15) is 0 Å². The normalized spacial score (nSPS) is 14.4. The predicted octanol–water partition coefficient (Wildman–Crippen LogP) is 4.28. The number of benzene rings is 2. The lowest BCUT2D eigenvalue weighted by Gasteiger charge is -2.16. The molecular formula is C24H27N3O4S2. The molecule has 1 saturated carbocycles. The Morgan fingerprint density at radius 3 is 2.52 bits per heavy atom. The SMILES string of the molecule is COc1ccc(C(=O)NCc2ccc(-c3csc(C)n3)cc2)cc1S(=O)(=O)NC1CCCC1. The van der Waals surface area contributed by atoms with Crippen molar-refractivity contribution < 1.29 is 17.9 Å². The number of carbonyl (C=O) groups excluding carboxylic acids is 1. The Bertz CT molecular complexity index is 1230. The largest absolute Gasteiger partial charge is 0.495 e. The Balaban J connectivity index is 1.45. The lowest BCUT2D eigenvalue weighted by atomic mass is 10.1. The number of sulfonamides is 1. The molecule has 0 spiro atoms. The highest BCUT2D eigenvalue weighted by atomic mass is 32.2. The lowest BCUT2D eigenvalue weighted by molar-refractivity contribution is 0.0950. The molecule has 1 aliphatic carbocycles. The molecule has 7 nitrogen and oxygen atoms in total. The highest BCUT2D eigenvalue weighted by Gasteiger charge is 2.26. The summed E-state index contributed by atoms with van der Waals surface area (Å²) in [6, 6.07) is 12.2. The molecule has 1 aliphatic rings. The van der Waals surface area contributed by atoms with Crippen molar-refractivity contribution in [3.05, 3.63) is 64.0 Å². The summed E-state index contributed by atoms with van der Waals surface area (Å²) in [5, 5.41) is 5.89. The molecule has 0 saturated heterocycles. The van der Waals surface area contributed by atoms with Gasteiger partial charge in [-0.05, 0) is 43.5 Å². The number of amides is 1. The van der Waals surface area contributed by atoms with Crippen LogP contribution in [0.25, 0.3) is 11.3 Å². The van der Waals surface area contributed by atoms with Gasteiger partial charge in [0.25, 0.3) is 5.91 Å². The minimum atomic E-state index is -3.80. The van der Waals surface area contributed by atoms with Gasteiger partial charge in [0.2, 0.25) is 10.0 Å². The molecule has 174 valence electrons. The maximum Gasteiger partial charge on any atom is 0.251 e. The van der Waals surface area contributed by atoms with Crippen LogP contribution in [0.3, 0.4) is 0 Å². The van der Waals surface area contributed by atoms with Gasteiger partial charge in [-0.1, -0.05) is 37.1 Å². The van der Waals surface area contributed by atoms with Gasteiger partial charge in [0.1, 0.15) is 10.6 Å². The second-order valence-corrected chi connectivity index (χ2v) is 10.8. The van der Waals surface area contributed by atoms with Gasteiger partial charge in [0.15, 0.2) is 0 Å². The molecule has 1 amide bonds. The fourth-order valence-corrected chi connectivity index (χ4v) is 6.05. The first kappa shape index (κ1) is 23.4. The number of nitrogens with one attached hydrogen (secondary N) is 2. The quantitative estimate of drug-likeness (QED) is 0.496. The average molecular weight is 486 g/mol. The first-order valence-electron chi connectivity index (χ1n) is 10.9. The van der Waals surface area contributed by atoms with E-state index in [1.807, 2.05) is 36.6 Å². The molecule has 0 aliphatic heterocycles. The van der Waals surface area contributed by atoms with Gasteiger partial charge in [-0.25, -0.2) is 18.1 Å². The molecule has 33 heavy (non-hydrogen) atoms. The van der Waals surface area contributed by atoms with Crippen molar-refractivity contribution in [3.8, 4) is 17.0 Å². The zero-order valence-corrected chi connectivity index (χ0v) is 20.3. The summed E-state index contributed by atoms with van der Waals surface area (Å²) in [5.74, 6) is -0.140. The molecule has 0 unspecified atom stereocenters. The number of methoxy groups -OCH3 is 1. The number of hydrogen-bond acceptors (Lipinski definition) is 6. The second-order valence-electron chi connectivity index (χ2n) is 8.10. The summed E-state index contributed by atoms with van der Waals surface area (Å²) in [6.45, 7) is 2.29. The predicted molar refractivity (Wildman–Crippen MR) is 129 cm³/mol. The van der Waals surface area contributed by atoms with E-state index in [9.17, 15) is 13.2 Å². The number of hydrogen-bond donors (Lipinski definition) is 2. The van der Waals surface area contributed by atoms with Crippen LogP contribution in [0.15, 0.2) is 52.7 Å². The van der Waals surface area contributed by atoms with Gasteiger partial charge in [-0.3, -0.25) is 4.79 Å². The second kappa shape index (κ2) is 10.0. The van der Waals surface area contributed by atoms with Crippen molar-refractivity contribution in [2.24, 2.45) is 0 Å². The zero-order valence-electron chi connectivity index (χ0n) is 18.6. The molecule has 1 fully saturated rings. The van der Waals surface area contributed by atoms with Crippen LogP contribution >= 0.6 is 11.3 Å². The summed E-state index contributed by atoms with van der Waals surface area (Å²) in [4.78, 5) is 17.2. The fraction of sp³-hybridized carbons (Fsp3) is 0.333. The van der Waals surface area contributed by atoms with Crippen LogP contribution in [-0.2, 0) is 16.6 Å². The van der Waals surface area contributed by atoms with E-state index in [0.29, 0.717) is 6.54 Å². The van der Waals surface area contributed by atoms with Crippen molar-refractivity contribution in [2.45, 2.75) is 50.1 Å². The van der Waals surface area contributed by atoms with Crippen molar-refractivity contribution in [3.63, 3.8) is 0 Å². The van der Waals surface area contributed by atoms with E-state index in [1.165, 1.54) is 19.2 Å². The summed E-state index contributed by atoms with van der Waals surface area (Å²) < 4.78 is 33.9. The van der Waals surface area contributed by atoms with Gasteiger partial charge in [-0.15, -0.1) is 11.3 Å². The molecular weight excluding hydrogens is 458 g/mol. The van der Waals surface area contributed by atoms with Crippen LogP contribution in [-0.4, -0.2) is 32.5 Å². The van der Waals surface area contributed by atoms with E-state index < -0.39 is 10.0 Å². The van der Waals surface area contributed by atoms with E-state index in [0.717, 1.165) is 47.5 Å². The smallest absolute Gasteiger partial charge is 0.251 e. The topological polar surface area (TPSA) is 97.4 Å². The number of aryl methyl sites for hydroxylation is 1. The number of carbonyl (C=O) groups is 1. The third-order valence-corrected chi connectivity index (χ3v) is 8.03. The molecule has 0 bridgehead atoms. The zero-order chi connectivity index (χ0) is 23.4. The maximum absolute atomic E-state index is 12.9. The van der Waals surface area contributed by atoms with Gasteiger partial charge in [0.05, 0.1) is 17.8 Å². The van der Waals surface area contributed by atoms with E-state index in [-0.39, 0.29) is 28.2 Å². The number of nitrogens with zero attached hydrogens (tertiary/aromatic N) is 1. The molecule has 4 rings (SSSR count). The Kier molecular flexibility index (Phi) is 7.11. The van der Waals surface area contributed by atoms with Crippen LogP contribution < -0.4 is 14.8 Å². The first-order valence-corrected chi connectivity index (χ1v) is 13.2. The molecule has 9 heteroatoms. The summed E-state index contributed by atoms with van der Waals surface area (Å²) in [7, 11) is -2.38. The van der Waals surface area contributed by atoms with Crippen molar-refractivity contribution >= 4 is 27.3 Å². The summed E-state index contributed by atoms with van der Waals surface area (Å²) in [6.07, 6.45) is 3.67. The third-order valence-electron chi connectivity index (χ3n) is 5.71. The molecule has 1 heterocycles. The van der Waals surface area contributed by atoms with E-state index in [2.05, 4.69) is 15.0 Å². The van der Waals surface area contributed by atoms with E-state index in [4.69, 9.17) is 4.74 Å². The summed E-state index contributed by atoms with van der Waals surface area (Å²) >= 11 is 1.60. The highest BCUT2D eigenvalue weighted by molar-refractivity contribution is 7.89. The Morgan fingerprint density at radius 2 is 1.88 bits per heavy atom. The van der Waals surface area contributed by atoms with Crippen LogP contribution in [0.5, 0.6) is 5.75 Å². The van der Waals surface area contributed by atoms with Gasteiger partial charge >= 0.3 is 0 Å². The maximum atomic E-state index is 12.9. The van der Waals surface area contributed by atoms with Crippen LogP contribution in [0.2, 0.25) is 0 Å².